The fourth-order valence-electron chi connectivity index (χ4n) is 1.62. The Morgan fingerprint density at radius 3 is 2.48 bits per heavy atom. The number of hydrogen-bond donors (Lipinski definition) is 0. The minimum absolute atomic E-state index is 0.110. The van der Waals surface area contributed by atoms with E-state index in [0.29, 0.717) is 18.4 Å². The summed E-state index contributed by atoms with van der Waals surface area (Å²) in [6.07, 6.45) is 1.11. The van der Waals surface area contributed by atoms with Crippen LogP contribution < -0.4 is 5.46 Å². The highest BCUT2D eigenvalue weighted by Gasteiger charge is 2.28. The summed E-state index contributed by atoms with van der Waals surface area (Å²) >= 11 is 0. The van der Waals surface area contributed by atoms with Crippen molar-refractivity contribution < 1.29 is 23.7 Å². The maximum atomic E-state index is 11.7. The molecule has 0 saturated carbocycles. The molecule has 112 valence electrons. The van der Waals surface area contributed by atoms with Gasteiger partial charge in [-0.1, -0.05) is 31.2 Å². The van der Waals surface area contributed by atoms with E-state index in [1.54, 1.807) is 36.2 Å². The normalized spacial score (nSPS) is 10.0. The summed E-state index contributed by atoms with van der Waals surface area (Å²) in [5, 5.41) is 0. The van der Waals surface area contributed by atoms with E-state index in [1.165, 1.54) is 0 Å². The third-order valence-corrected chi connectivity index (χ3v) is 2.93. The summed E-state index contributed by atoms with van der Waals surface area (Å²) in [6, 6.07) is 6.75. The molecule has 7 heteroatoms. The van der Waals surface area contributed by atoms with Crippen LogP contribution >= 0.6 is 0 Å². The van der Waals surface area contributed by atoms with Gasteiger partial charge in [0.05, 0.1) is 6.54 Å². The van der Waals surface area contributed by atoms with Crippen LogP contribution in [-0.2, 0) is 30.1 Å². The maximum absolute atomic E-state index is 11.7. The predicted molar refractivity (Wildman–Crippen MR) is 78.0 cm³/mol. The van der Waals surface area contributed by atoms with Crippen molar-refractivity contribution >= 4 is 31.3 Å². The lowest BCUT2D eigenvalue weighted by Gasteiger charge is -2.16. The molecule has 0 radical (unpaired) electrons. The number of hydrogen-bond acceptors (Lipinski definition) is 6. The van der Waals surface area contributed by atoms with E-state index in [-0.39, 0.29) is 13.0 Å². The summed E-state index contributed by atoms with van der Waals surface area (Å²) < 4.78 is 9.95. The molecule has 0 fully saturated rings. The minimum atomic E-state index is -1.08. The van der Waals surface area contributed by atoms with Crippen molar-refractivity contribution in [3.63, 3.8) is 0 Å². The molecule has 21 heavy (non-hydrogen) atoms. The molecule has 1 aromatic rings. The fraction of sp³-hybridized carbons (Fsp3) is 0.357. The van der Waals surface area contributed by atoms with Gasteiger partial charge in [-0.3, -0.25) is 14.5 Å². The Hall–Kier alpha value is -2.15. The maximum Gasteiger partial charge on any atom is 0.636 e. The first-order chi connectivity index (χ1) is 10.1. The van der Waals surface area contributed by atoms with Crippen LogP contribution in [0.15, 0.2) is 24.3 Å². The lowest BCUT2D eigenvalue weighted by molar-refractivity contribution is -0.137. The van der Waals surface area contributed by atoms with E-state index in [0.717, 1.165) is 11.8 Å². The summed E-state index contributed by atoms with van der Waals surface area (Å²) in [7, 11) is 0.705. The van der Waals surface area contributed by atoms with Gasteiger partial charge in [0, 0.05) is 11.9 Å². The zero-order chi connectivity index (χ0) is 15.7. The molecule has 0 atom stereocenters. The topological polar surface area (TPSA) is 72.9 Å². The van der Waals surface area contributed by atoms with E-state index >= 15 is 0 Å². The Bertz CT molecular complexity index is 477. The van der Waals surface area contributed by atoms with Crippen molar-refractivity contribution in [2.75, 3.05) is 20.1 Å². The molecule has 0 heterocycles. The average Bonchev–Trinajstić information content (AvgIpc) is 2.47. The standard InChI is InChI=1S/C14H18BNO5/c1-3-16(2)10-14(19)21-15(20-11-18)13-6-4-12(5-7-13)8-9-17/h4-7,9,11H,3,8,10H2,1-2H3. The van der Waals surface area contributed by atoms with Gasteiger partial charge in [0.1, 0.15) is 6.29 Å². The van der Waals surface area contributed by atoms with Crippen LogP contribution in [0.2, 0.25) is 0 Å². The van der Waals surface area contributed by atoms with Crippen LogP contribution in [0.5, 0.6) is 0 Å². The number of carbonyl (C=O) groups is 3. The second kappa shape index (κ2) is 8.91. The van der Waals surface area contributed by atoms with E-state index < -0.39 is 13.1 Å². The SMILES string of the molecule is CCN(C)CC(=O)OB(OC=O)c1ccc(CC=O)cc1. The molecule has 0 amide bonds. The van der Waals surface area contributed by atoms with E-state index in [2.05, 4.69) is 0 Å². The average molecular weight is 291 g/mol. The Labute approximate surface area is 124 Å². The molecule has 0 aromatic heterocycles. The third kappa shape index (κ3) is 5.78. The summed E-state index contributed by atoms with van der Waals surface area (Å²) in [6.45, 7) is 2.96. The van der Waals surface area contributed by atoms with Gasteiger partial charge < -0.3 is 14.1 Å². The van der Waals surface area contributed by atoms with Crippen molar-refractivity contribution in [2.24, 2.45) is 0 Å². The lowest BCUT2D eigenvalue weighted by atomic mass is 9.78. The molecule has 1 aromatic carbocycles. The van der Waals surface area contributed by atoms with Crippen LogP contribution in [0, 0.1) is 0 Å². The zero-order valence-corrected chi connectivity index (χ0v) is 12.2. The molecule has 0 saturated heterocycles. The van der Waals surface area contributed by atoms with Crippen molar-refractivity contribution in [2.45, 2.75) is 13.3 Å². The molecule has 0 unspecified atom stereocenters. The summed E-state index contributed by atoms with van der Waals surface area (Å²) in [5.41, 5.74) is 1.36. The molecule has 6 nitrogen and oxygen atoms in total. The monoisotopic (exact) mass is 291 g/mol. The number of likely N-dealkylation sites (N-methyl/N-ethyl adjacent to an activating group) is 1. The number of aldehydes is 1. The van der Waals surface area contributed by atoms with Crippen LogP contribution in [0.1, 0.15) is 12.5 Å². The van der Waals surface area contributed by atoms with Crippen molar-refractivity contribution in [1.82, 2.24) is 4.90 Å². The molecule has 0 aliphatic heterocycles. The molecular weight excluding hydrogens is 273 g/mol. The van der Waals surface area contributed by atoms with Gasteiger partial charge in [0.2, 0.25) is 0 Å². The lowest BCUT2D eigenvalue weighted by Crippen LogP contribution is -2.41. The number of rotatable bonds is 9. The fourth-order valence-corrected chi connectivity index (χ4v) is 1.62. The molecule has 1 rings (SSSR count). The second-order valence-corrected chi connectivity index (χ2v) is 4.50. The van der Waals surface area contributed by atoms with Gasteiger partial charge in [-0.2, -0.15) is 0 Å². The van der Waals surface area contributed by atoms with Crippen molar-refractivity contribution in [3.8, 4) is 0 Å². The van der Waals surface area contributed by atoms with Crippen molar-refractivity contribution in [1.29, 1.82) is 0 Å². The molecule has 0 aliphatic carbocycles. The summed E-state index contributed by atoms with van der Waals surface area (Å²) in [4.78, 5) is 34.5. The van der Waals surface area contributed by atoms with Gasteiger partial charge in [-0.25, -0.2) is 0 Å². The van der Waals surface area contributed by atoms with Crippen LogP contribution in [0.3, 0.4) is 0 Å². The molecule has 0 N–H and O–H groups in total. The smallest absolute Gasteiger partial charge is 0.498 e. The zero-order valence-electron chi connectivity index (χ0n) is 12.2. The van der Waals surface area contributed by atoms with Crippen LogP contribution in [-0.4, -0.2) is 50.9 Å². The first kappa shape index (κ1) is 16.9. The number of benzene rings is 1. The van der Waals surface area contributed by atoms with E-state index in [4.69, 9.17) is 9.31 Å². The minimum Gasteiger partial charge on any atom is -0.498 e. The highest BCUT2D eigenvalue weighted by molar-refractivity contribution is 6.63. The third-order valence-electron chi connectivity index (χ3n) is 2.93. The Morgan fingerprint density at radius 1 is 1.29 bits per heavy atom. The van der Waals surface area contributed by atoms with Crippen LogP contribution in [0.4, 0.5) is 0 Å². The second-order valence-electron chi connectivity index (χ2n) is 4.50. The van der Waals surface area contributed by atoms with Gasteiger partial charge in [0.15, 0.2) is 0 Å². The summed E-state index contributed by atoms with van der Waals surface area (Å²) in [5.74, 6) is -0.483. The van der Waals surface area contributed by atoms with E-state index in [9.17, 15) is 14.4 Å². The van der Waals surface area contributed by atoms with Crippen molar-refractivity contribution in [3.05, 3.63) is 29.8 Å². The predicted octanol–water partition coefficient (Wildman–Crippen LogP) is -0.209. The highest BCUT2D eigenvalue weighted by atomic mass is 16.6. The molecular formula is C14H18BNO5. The van der Waals surface area contributed by atoms with Gasteiger partial charge in [-0.15, -0.1) is 0 Å². The largest absolute Gasteiger partial charge is 0.636 e. The quantitative estimate of drug-likeness (QED) is 0.463. The molecule has 0 spiro atoms. The molecule has 0 aliphatic rings. The number of nitrogens with zero attached hydrogens (tertiary/aromatic N) is 1. The van der Waals surface area contributed by atoms with Crippen LogP contribution in [0.25, 0.3) is 0 Å². The highest BCUT2D eigenvalue weighted by Crippen LogP contribution is 2.00. The van der Waals surface area contributed by atoms with Gasteiger partial charge in [0.25, 0.3) is 6.47 Å². The Kier molecular flexibility index (Phi) is 7.18. The Balaban J connectivity index is 2.73. The van der Waals surface area contributed by atoms with E-state index in [1.807, 2.05) is 6.92 Å². The number of carbonyl (C=O) groups excluding carboxylic acids is 3. The van der Waals surface area contributed by atoms with Gasteiger partial charge >= 0.3 is 13.1 Å². The first-order valence-electron chi connectivity index (χ1n) is 6.60. The first-order valence-corrected chi connectivity index (χ1v) is 6.60. The Morgan fingerprint density at radius 2 is 1.95 bits per heavy atom. The van der Waals surface area contributed by atoms with Gasteiger partial charge in [-0.05, 0) is 19.2 Å². The molecule has 0 bridgehead atoms.